The number of carbonyl (C=O) groups is 1. The number of nitrogens with two attached hydrogens (primary N) is 1. The number of nitrogens with one attached hydrogen (secondary N) is 2. The molecule has 1 aromatic heterocycles. The number of sulfonamides is 1. The Balaban J connectivity index is 1.63. The zero-order chi connectivity index (χ0) is 16.4. The summed E-state index contributed by atoms with van der Waals surface area (Å²) in [6, 6.07) is 1.37. The van der Waals surface area contributed by atoms with Gasteiger partial charge in [-0.2, -0.15) is 16.1 Å². The highest BCUT2D eigenvalue weighted by Gasteiger charge is 2.30. The van der Waals surface area contributed by atoms with Gasteiger partial charge in [-0.3, -0.25) is 4.79 Å². The van der Waals surface area contributed by atoms with E-state index in [-0.39, 0.29) is 22.5 Å². The van der Waals surface area contributed by atoms with Crippen LogP contribution in [-0.4, -0.2) is 60.8 Å². The molecule has 7 nitrogen and oxygen atoms in total. The molecule has 1 saturated heterocycles. The highest BCUT2D eigenvalue weighted by molar-refractivity contribution is 7.99. The summed E-state index contributed by atoms with van der Waals surface area (Å²) in [5.74, 6) is 1.79. The fourth-order valence-electron chi connectivity index (χ4n) is 2.59. The molecule has 1 aliphatic carbocycles. The van der Waals surface area contributed by atoms with Crippen LogP contribution in [0.3, 0.4) is 0 Å². The normalized spacial score (nSPS) is 21.1. The fraction of sp³-hybridized carbons (Fsp3) is 0.643. The van der Waals surface area contributed by atoms with Gasteiger partial charge in [0.05, 0.1) is 0 Å². The first-order chi connectivity index (χ1) is 11.0. The van der Waals surface area contributed by atoms with Gasteiger partial charge in [0.2, 0.25) is 10.0 Å². The van der Waals surface area contributed by atoms with Gasteiger partial charge in [0, 0.05) is 43.4 Å². The molecular formula is C14H22N4O3S2. The molecular weight excluding hydrogens is 336 g/mol. The van der Waals surface area contributed by atoms with E-state index < -0.39 is 10.0 Å². The van der Waals surface area contributed by atoms with Gasteiger partial charge in [0.25, 0.3) is 5.91 Å². The van der Waals surface area contributed by atoms with Crippen LogP contribution in [0.1, 0.15) is 23.3 Å². The topological polar surface area (TPSA) is 108 Å². The molecule has 9 heteroatoms. The molecule has 1 unspecified atom stereocenters. The highest BCUT2D eigenvalue weighted by Crippen LogP contribution is 2.31. The lowest BCUT2D eigenvalue weighted by Crippen LogP contribution is -2.38. The van der Waals surface area contributed by atoms with Crippen molar-refractivity contribution >= 4 is 27.7 Å². The van der Waals surface area contributed by atoms with Crippen LogP contribution < -0.4 is 11.1 Å². The minimum Gasteiger partial charge on any atom is -0.356 e. The summed E-state index contributed by atoms with van der Waals surface area (Å²) in [6.07, 6.45) is 3.62. The monoisotopic (exact) mass is 358 g/mol. The van der Waals surface area contributed by atoms with Gasteiger partial charge in [-0.15, -0.1) is 0 Å². The smallest absolute Gasteiger partial charge is 0.267 e. The molecule has 1 atom stereocenters. The number of carbonyl (C=O) groups excluding carboxylic acids is 1. The Bertz CT molecular complexity index is 663. The zero-order valence-corrected chi connectivity index (χ0v) is 14.5. The molecule has 0 aromatic carbocycles. The fourth-order valence-corrected chi connectivity index (χ4v) is 5.16. The molecule has 2 aliphatic rings. The molecule has 4 N–H and O–H groups in total. The summed E-state index contributed by atoms with van der Waals surface area (Å²) in [4.78, 5) is 15.0. The average Bonchev–Trinajstić information content (AvgIpc) is 3.29. The van der Waals surface area contributed by atoms with Gasteiger partial charge in [0.1, 0.15) is 10.6 Å². The summed E-state index contributed by atoms with van der Waals surface area (Å²) in [5.41, 5.74) is 6.20. The first-order valence-corrected chi connectivity index (χ1v) is 10.4. The van der Waals surface area contributed by atoms with Crippen molar-refractivity contribution in [3.8, 4) is 0 Å². The lowest BCUT2D eigenvalue weighted by Gasteiger charge is -2.24. The van der Waals surface area contributed by atoms with Crippen LogP contribution in [0.15, 0.2) is 17.2 Å². The summed E-state index contributed by atoms with van der Waals surface area (Å²) < 4.78 is 26.5. The minimum absolute atomic E-state index is 0.0250. The Kier molecular flexibility index (Phi) is 5.00. The van der Waals surface area contributed by atoms with E-state index in [1.165, 1.54) is 16.6 Å². The Morgan fingerprint density at radius 1 is 1.43 bits per heavy atom. The number of aromatic nitrogens is 1. The maximum atomic E-state index is 12.5. The molecule has 2 fully saturated rings. The van der Waals surface area contributed by atoms with E-state index in [9.17, 15) is 13.2 Å². The van der Waals surface area contributed by atoms with Gasteiger partial charge >= 0.3 is 0 Å². The number of nitrogens with zero attached hydrogens (tertiary/aromatic N) is 1. The van der Waals surface area contributed by atoms with Gasteiger partial charge in [-0.1, -0.05) is 0 Å². The number of thioether (sulfide) groups is 1. The van der Waals surface area contributed by atoms with E-state index in [4.69, 9.17) is 5.73 Å². The van der Waals surface area contributed by atoms with Gasteiger partial charge in [0.15, 0.2) is 0 Å². The molecule has 1 aromatic rings. The number of rotatable bonds is 6. The quantitative estimate of drug-likeness (QED) is 0.674. The predicted octanol–water partition coefficient (Wildman–Crippen LogP) is 0.219. The number of hydrogen-bond acceptors (Lipinski definition) is 5. The third kappa shape index (κ3) is 3.90. The minimum atomic E-state index is -3.53. The molecule has 23 heavy (non-hydrogen) atoms. The van der Waals surface area contributed by atoms with Crippen molar-refractivity contribution in [2.45, 2.75) is 23.8 Å². The highest BCUT2D eigenvalue weighted by atomic mass is 32.2. The second kappa shape index (κ2) is 6.84. The van der Waals surface area contributed by atoms with E-state index >= 15 is 0 Å². The van der Waals surface area contributed by atoms with Crippen LogP contribution in [0, 0.1) is 5.92 Å². The molecule has 0 radical (unpaired) electrons. The molecule has 128 valence electrons. The first kappa shape index (κ1) is 16.8. The lowest BCUT2D eigenvalue weighted by molar-refractivity contribution is 0.0946. The van der Waals surface area contributed by atoms with Gasteiger partial charge in [-0.25, -0.2) is 8.42 Å². The van der Waals surface area contributed by atoms with Gasteiger partial charge in [-0.05, 0) is 24.8 Å². The molecule has 1 amide bonds. The Hall–Kier alpha value is -1.03. The van der Waals surface area contributed by atoms with Crippen LogP contribution in [0.25, 0.3) is 0 Å². The van der Waals surface area contributed by atoms with Crippen LogP contribution in [0.5, 0.6) is 0 Å². The van der Waals surface area contributed by atoms with Crippen molar-refractivity contribution in [1.29, 1.82) is 0 Å². The summed E-state index contributed by atoms with van der Waals surface area (Å²) in [6.45, 7) is 1.43. The molecule has 0 bridgehead atoms. The standard InChI is InChI=1S/C14H22N4O3S2/c15-12(10-1-2-10)9-17-14(19)13-7-11(8-16-13)23(20,21)18-3-5-22-6-4-18/h7-8,10,12,16H,1-6,9,15H2,(H,17,19). The van der Waals surface area contributed by atoms with Crippen molar-refractivity contribution < 1.29 is 13.2 Å². The maximum absolute atomic E-state index is 12.5. The summed E-state index contributed by atoms with van der Waals surface area (Å²) >= 11 is 1.75. The lowest BCUT2D eigenvalue weighted by atomic mass is 10.2. The maximum Gasteiger partial charge on any atom is 0.267 e. The second-order valence-corrected chi connectivity index (χ2v) is 9.14. The van der Waals surface area contributed by atoms with E-state index in [1.807, 2.05) is 0 Å². The van der Waals surface area contributed by atoms with Crippen molar-refractivity contribution in [2.24, 2.45) is 11.7 Å². The van der Waals surface area contributed by atoms with Crippen LogP contribution in [-0.2, 0) is 10.0 Å². The van der Waals surface area contributed by atoms with Crippen molar-refractivity contribution in [3.63, 3.8) is 0 Å². The van der Waals surface area contributed by atoms with E-state index in [0.717, 1.165) is 24.3 Å². The molecule has 3 rings (SSSR count). The predicted molar refractivity (Wildman–Crippen MR) is 89.9 cm³/mol. The third-order valence-corrected chi connectivity index (χ3v) is 7.05. The van der Waals surface area contributed by atoms with Crippen LogP contribution in [0.4, 0.5) is 0 Å². The van der Waals surface area contributed by atoms with Crippen LogP contribution in [0.2, 0.25) is 0 Å². The van der Waals surface area contributed by atoms with E-state index in [1.54, 1.807) is 11.8 Å². The van der Waals surface area contributed by atoms with Crippen LogP contribution >= 0.6 is 11.8 Å². The SMILES string of the molecule is NC(CNC(=O)c1cc(S(=O)(=O)N2CCSCC2)c[nH]1)C1CC1. The first-order valence-electron chi connectivity index (χ1n) is 7.78. The van der Waals surface area contributed by atoms with E-state index in [2.05, 4.69) is 10.3 Å². The summed E-state index contributed by atoms with van der Waals surface area (Å²) in [5, 5.41) is 2.76. The van der Waals surface area contributed by atoms with Gasteiger partial charge < -0.3 is 16.0 Å². The number of aromatic amines is 1. The average molecular weight is 358 g/mol. The largest absolute Gasteiger partial charge is 0.356 e. The Labute approximate surface area is 140 Å². The number of hydrogen-bond donors (Lipinski definition) is 3. The van der Waals surface area contributed by atoms with E-state index in [0.29, 0.717) is 25.6 Å². The number of H-pyrrole nitrogens is 1. The zero-order valence-electron chi connectivity index (χ0n) is 12.8. The van der Waals surface area contributed by atoms with Crippen molar-refractivity contribution in [3.05, 3.63) is 18.0 Å². The molecule has 0 spiro atoms. The molecule has 1 saturated carbocycles. The van der Waals surface area contributed by atoms with Crippen molar-refractivity contribution in [2.75, 3.05) is 31.1 Å². The third-order valence-electron chi connectivity index (χ3n) is 4.23. The summed E-state index contributed by atoms with van der Waals surface area (Å²) in [7, 11) is -3.53. The molecule has 2 heterocycles. The number of amides is 1. The van der Waals surface area contributed by atoms with Crippen molar-refractivity contribution in [1.82, 2.24) is 14.6 Å². The molecule has 1 aliphatic heterocycles. The Morgan fingerprint density at radius 3 is 2.78 bits per heavy atom. The second-order valence-electron chi connectivity index (χ2n) is 5.98. The Morgan fingerprint density at radius 2 is 2.13 bits per heavy atom.